The van der Waals surface area contributed by atoms with Gasteiger partial charge in [-0.2, -0.15) is 5.10 Å². The van der Waals surface area contributed by atoms with Gasteiger partial charge >= 0.3 is 5.97 Å². The summed E-state index contributed by atoms with van der Waals surface area (Å²) in [6.07, 6.45) is 1.98. The molecule has 1 amide bonds. The number of carbonyl (C=O) groups is 2. The number of amides is 1. The molecule has 2 N–H and O–H groups in total. The van der Waals surface area contributed by atoms with Crippen molar-refractivity contribution in [1.82, 2.24) is 15.1 Å². The van der Waals surface area contributed by atoms with Crippen LogP contribution in [0.3, 0.4) is 0 Å². The number of nitrogens with zero attached hydrogens (tertiary/aromatic N) is 2. The van der Waals surface area contributed by atoms with Crippen LogP contribution in [-0.2, 0) is 16.1 Å². The highest BCUT2D eigenvalue weighted by atomic mass is 32.2. The van der Waals surface area contributed by atoms with E-state index in [1.165, 1.54) is 13.0 Å². The lowest BCUT2D eigenvalue weighted by Gasteiger charge is -2.11. The Labute approximate surface area is 142 Å². The number of nitrogens with one attached hydrogen (secondary N) is 1. The first-order chi connectivity index (χ1) is 11.4. The molecular formula is C16H17N3O4S. The largest absolute Gasteiger partial charge is 0.480 e. The summed E-state index contributed by atoms with van der Waals surface area (Å²) in [5.41, 5.74) is 0.944. The average molecular weight is 347 g/mol. The van der Waals surface area contributed by atoms with Gasteiger partial charge in [0.15, 0.2) is 0 Å². The van der Waals surface area contributed by atoms with E-state index < -0.39 is 23.5 Å². The normalized spacial score (nSPS) is 11.8. The van der Waals surface area contributed by atoms with Crippen LogP contribution in [-0.4, -0.2) is 39.1 Å². The Morgan fingerprint density at radius 1 is 1.25 bits per heavy atom. The van der Waals surface area contributed by atoms with Crippen molar-refractivity contribution >= 4 is 23.6 Å². The number of hydrogen-bond acceptors (Lipinski definition) is 5. The molecule has 1 atom stereocenters. The predicted molar refractivity (Wildman–Crippen MR) is 91.0 cm³/mol. The molecule has 0 unspecified atom stereocenters. The molecule has 1 heterocycles. The van der Waals surface area contributed by atoms with E-state index in [0.717, 1.165) is 15.1 Å². The number of rotatable bonds is 6. The lowest BCUT2D eigenvalue weighted by molar-refractivity contribution is -0.141. The third kappa shape index (κ3) is 4.45. The zero-order valence-electron chi connectivity index (χ0n) is 13.2. The van der Waals surface area contributed by atoms with E-state index in [1.54, 1.807) is 17.8 Å². The number of carboxylic acid groups (broad SMARTS) is 1. The Morgan fingerprint density at radius 2 is 1.92 bits per heavy atom. The van der Waals surface area contributed by atoms with Gasteiger partial charge in [-0.3, -0.25) is 14.4 Å². The molecule has 8 heteroatoms. The van der Waals surface area contributed by atoms with Crippen molar-refractivity contribution < 1.29 is 14.7 Å². The summed E-state index contributed by atoms with van der Waals surface area (Å²) in [5.74, 6) is -1.74. The molecule has 0 fully saturated rings. The third-order valence-corrected chi connectivity index (χ3v) is 4.04. The van der Waals surface area contributed by atoms with E-state index in [-0.39, 0.29) is 6.54 Å². The molecule has 0 aliphatic carbocycles. The molecule has 0 spiro atoms. The molecule has 1 aromatic heterocycles. The van der Waals surface area contributed by atoms with Gasteiger partial charge in [0, 0.05) is 16.5 Å². The molecule has 0 radical (unpaired) electrons. The second-order valence-corrected chi connectivity index (χ2v) is 5.95. The highest BCUT2D eigenvalue weighted by molar-refractivity contribution is 7.98. The number of carbonyl (C=O) groups excluding carboxylic acids is 1. The zero-order chi connectivity index (χ0) is 17.7. The van der Waals surface area contributed by atoms with Crippen LogP contribution in [0.25, 0.3) is 11.3 Å². The van der Waals surface area contributed by atoms with Gasteiger partial charge in [0.05, 0.1) is 5.69 Å². The standard InChI is InChI=1S/C16H17N3O4S/c1-10(16(22)23)17-14(20)9-19-15(21)8-7-13(18-19)11-3-5-12(24-2)6-4-11/h3-8,10H,9H2,1-2H3,(H,17,20)(H,22,23)/t10-/m1/s1. The summed E-state index contributed by atoms with van der Waals surface area (Å²) in [6, 6.07) is 9.54. The fraction of sp³-hybridized carbons (Fsp3) is 0.250. The van der Waals surface area contributed by atoms with Crippen molar-refractivity contribution in [2.24, 2.45) is 0 Å². The Balaban J connectivity index is 2.20. The lowest BCUT2D eigenvalue weighted by atomic mass is 10.1. The summed E-state index contributed by atoms with van der Waals surface area (Å²) in [7, 11) is 0. The first-order valence-corrected chi connectivity index (χ1v) is 8.38. The Kier molecular flexibility index (Phi) is 5.75. The van der Waals surface area contributed by atoms with E-state index in [0.29, 0.717) is 5.69 Å². The summed E-state index contributed by atoms with van der Waals surface area (Å²) in [5, 5.41) is 15.3. The summed E-state index contributed by atoms with van der Waals surface area (Å²) < 4.78 is 1.02. The number of thioether (sulfide) groups is 1. The van der Waals surface area contributed by atoms with Crippen LogP contribution in [0, 0.1) is 0 Å². The molecule has 7 nitrogen and oxygen atoms in total. The quantitative estimate of drug-likeness (QED) is 0.762. The molecule has 0 aliphatic rings. The minimum absolute atomic E-state index is 0.340. The van der Waals surface area contributed by atoms with Gasteiger partial charge in [-0.05, 0) is 31.4 Å². The highest BCUT2D eigenvalue weighted by Gasteiger charge is 2.15. The molecule has 126 valence electrons. The summed E-state index contributed by atoms with van der Waals surface area (Å²) in [4.78, 5) is 35.5. The maximum Gasteiger partial charge on any atom is 0.325 e. The van der Waals surface area contributed by atoms with Crippen LogP contribution < -0.4 is 10.9 Å². The Morgan fingerprint density at radius 3 is 2.50 bits per heavy atom. The lowest BCUT2D eigenvalue weighted by Crippen LogP contribution is -2.41. The molecule has 1 aromatic carbocycles. The van der Waals surface area contributed by atoms with Crippen LogP contribution in [0.15, 0.2) is 46.1 Å². The minimum atomic E-state index is -1.15. The number of carboxylic acids is 1. The fourth-order valence-corrected chi connectivity index (χ4v) is 2.37. The van der Waals surface area contributed by atoms with Gasteiger partial charge in [0.25, 0.3) is 5.56 Å². The van der Waals surface area contributed by atoms with Crippen molar-refractivity contribution in [3.05, 3.63) is 46.8 Å². The fourth-order valence-electron chi connectivity index (χ4n) is 1.96. The number of benzene rings is 1. The molecule has 2 rings (SSSR count). The van der Waals surface area contributed by atoms with Crippen molar-refractivity contribution in [3.8, 4) is 11.3 Å². The van der Waals surface area contributed by atoms with Gasteiger partial charge in [0.1, 0.15) is 12.6 Å². The Bertz CT molecular complexity index is 802. The SMILES string of the molecule is CSc1ccc(-c2ccc(=O)n(CC(=O)N[C@H](C)C(=O)O)n2)cc1. The van der Waals surface area contributed by atoms with Crippen LogP contribution in [0.2, 0.25) is 0 Å². The van der Waals surface area contributed by atoms with Gasteiger partial charge in [0.2, 0.25) is 5.91 Å². The van der Waals surface area contributed by atoms with E-state index in [4.69, 9.17) is 5.11 Å². The van der Waals surface area contributed by atoms with Crippen LogP contribution in [0.4, 0.5) is 0 Å². The van der Waals surface area contributed by atoms with Gasteiger partial charge in [-0.25, -0.2) is 4.68 Å². The van der Waals surface area contributed by atoms with Gasteiger partial charge in [-0.1, -0.05) is 12.1 Å². The molecular weight excluding hydrogens is 330 g/mol. The third-order valence-electron chi connectivity index (χ3n) is 3.29. The Hall–Kier alpha value is -2.61. The van der Waals surface area contributed by atoms with Crippen molar-refractivity contribution in [2.75, 3.05) is 6.26 Å². The monoisotopic (exact) mass is 347 g/mol. The zero-order valence-corrected chi connectivity index (χ0v) is 14.0. The molecule has 0 bridgehead atoms. The second kappa shape index (κ2) is 7.78. The predicted octanol–water partition coefficient (Wildman–Crippen LogP) is 1.22. The number of aliphatic carboxylic acids is 1. The summed E-state index contributed by atoms with van der Waals surface area (Å²) in [6.45, 7) is 1.01. The van der Waals surface area contributed by atoms with Gasteiger partial charge in [-0.15, -0.1) is 11.8 Å². The smallest absolute Gasteiger partial charge is 0.325 e. The van der Waals surface area contributed by atoms with Crippen LogP contribution in [0.1, 0.15) is 6.92 Å². The van der Waals surface area contributed by atoms with E-state index >= 15 is 0 Å². The maximum absolute atomic E-state index is 11.9. The number of hydrogen-bond donors (Lipinski definition) is 2. The van der Waals surface area contributed by atoms with Gasteiger partial charge < -0.3 is 10.4 Å². The minimum Gasteiger partial charge on any atom is -0.480 e. The average Bonchev–Trinajstić information content (AvgIpc) is 2.56. The second-order valence-electron chi connectivity index (χ2n) is 5.07. The van der Waals surface area contributed by atoms with Crippen molar-refractivity contribution in [2.45, 2.75) is 24.4 Å². The first kappa shape index (κ1) is 17.7. The van der Waals surface area contributed by atoms with E-state index in [2.05, 4.69) is 10.4 Å². The van der Waals surface area contributed by atoms with Crippen molar-refractivity contribution in [1.29, 1.82) is 0 Å². The number of aromatic nitrogens is 2. The van der Waals surface area contributed by atoms with Crippen LogP contribution in [0.5, 0.6) is 0 Å². The summed E-state index contributed by atoms with van der Waals surface area (Å²) >= 11 is 1.62. The molecule has 24 heavy (non-hydrogen) atoms. The van der Waals surface area contributed by atoms with E-state index in [9.17, 15) is 14.4 Å². The molecule has 0 saturated carbocycles. The van der Waals surface area contributed by atoms with E-state index in [1.807, 2.05) is 30.5 Å². The topological polar surface area (TPSA) is 101 Å². The maximum atomic E-state index is 11.9. The van der Waals surface area contributed by atoms with Crippen LogP contribution >= 0.6 is 11.8 Å². The van der Waals surface area contributed by atoms with Crippen molar-refractivity contribution in [3.63, 3.8) is 0 Å². The highest BCUT2D eigenvalue weighted by Crippen LogP contribution is 2.20. The molecule has 0 aliphatic heterocycles. The molecule has 2 aromatic rings. The molecule has 0 saturated heterocycles. The first-order valence-electron chi connectivity index (χ1n) is 7.15.